The molecule has 0 atom stereocenters. The zero-order valence-corrected chi connectivity index (χ0v) is 13.2. The number of hydrogen-bond donors (Lipinski definition) is 2. The fourth-order valence-electron chi connectivity index (χ4n) is 2.69. The Morgan fingerprint density at radius 2 is 1.83 bits per heavy atom. The van der Waals surface area contributed by atoms with E-state index >= 15 is 0 Å². The van der Waals surface area contributed by atoms with Gasteiger partial charge in [0.15, 0.2) is 5.82 Å². The number of rotatable bonds is 2. The van der Waals surface area contributed by atoms with Gasteiger partial charge in [0.05, 0.1) is 10.9 Å². The van der Waals surface area contributed by atoms with Crippen molar-refractivity contribution < 1.29 is 0 Å². The summed E-state index contributed by atoms with van der Waals surface area (Å²) in [5.74, 6) is 0.995. The predicted molar refractivity (Wildman–Crippen MR) is 95.2 cm³/mol. The molecule has 0 saturated heterocycles. The van der Waals surface area contributed by atoms with E-state index in [4.69, 9.17) is 22.5 Å². The summed E-state index contributed by atoms with van der Waals surface area (Å²) in [7, 11) is 0. The number of pyridine rings is 1. The van der Waals surface area contributed by atoms with Crippen LogP contribution >= 0.6 is 11.8 Å². The summed E-state index contributed by atoms with van der Waals surface area (Å²) in [4.78, 5) is 4.69. The third-order valence-corrected chi connectivity index (χ3v) is 4.06. The average molecular weight is 324 g/mol. The lowest BCUT2D eigenvalue weighted by atomic mass is 10.1. The molecule has 2 heterocycles. The summed E-state index contributed by atoms with van der Waals surface area (Å²) in [6.07, 6.45) is 0. The molecule has 4 aromatic rings. The first-order valence-corrected chi connectivity index (χ1v) is 7.54. The Hall–Kier alpha value is -2.79. The molecule has 23 heavy (non-hydrogen) atoms. The van der Waals surface area contributed by atoms with Crippen LogP contribution in [0.25, 0.3) is 21.8 Å². The van der Waals surface area contributed by atoms with Crippen LogP contribution in [-0.4, -0.2) is 14.3 Å². The van der Waals surface area contributed by atoms with Crippen LogP contribution < -0.4 is 11.1 Å². The molecule has 0 aliphatic carbocycles. The summed E-state index contributed by atoms with van der Waals surface area (Å²) < 4.78 is 1.29. The van der Waals surface area contributed by atoms with E-state index in [2.05, 4.69) is 10.4 Å². The summed E-state index contributed by atoms with van der Waals surface area (Å²) >= 11 is 6.22. The Morgan fingerprint density at radius 1 is 1.09 bits per heavy atom. The van der Waals surface area contributed by atoms with Gasteiger partial charge in [0, 0.05) is 22.9 Å². The van der Waals surface area contributed by atoms with Gasteiger partial charge in [0.2, 0.25) is 0 Å². The Labute approximate surface area is 137 Å². The smallest absolute Gasteiger partial charge is 0.158 e. The molecule has 0 amide bonds. The van der Waals surface area contributed by atoms with Crippen molar-refractivity contribution in [3.05, 3.63) is 54.1 Å². The number of nitrogen functional groups attached to an aromatic ring is 1. The van der Waals surface area contributed by atoms with Crippen LogP contribution in [0.15, 0.2) is 48.5 Å². The molecule has 3 N–H and O–H groups in total. The zero-order chi connectivity index (χ0) is 16.0. The number of nitrogens with one attached hydrogen (secondary N) is 1. The first kappa shape index (κ1) is 13.8. The van der Waals surface area contributed by atoms with Gasteiger partial charge in [-0.3, -0.25) is 0 Å². The lowest BCUT2D eigenvalue weighted by molar-refractivity contribution is 1.04. The van der Waals surface area contributed by atoms with E-state index < -0.39 is 0 Å². The maximum absolute atomic E-state index is 6.22. The molecule has 4 rings (SSSR count). The van der Waals surface area contributed by atoms with Crippen LogP contribution in [0, 0.1) is 6.92 Å². The van der Waals surface area contributed by atoms with E-state index in [9.17, 15) is 0 Å². The van der Waals surface area contributed by atoms with Crippen LogP contribution in [0.3, 0.4) is 0 Å². The largest absolute Gasteiger partial charge is 0.382 e. The molecule has 2 aromatic carbocycles. The maximum atomic E-state index is 6.22. The van der Waals surface area contributed by atoms with Crippen molar-refractivity contribution in [2.45, 2.75) is 6.92 Å². The van der Waals surface area contributed by atoms with E-state index in [0.717, 1.165) is 27.5 Å². The Kier molecular flexibility index (Phi) is 3.09. The lowest BCUT2D eigenvalue weighted by Gasteiger charge is -2.10. The van der Waals surface area contributed by atoms with E-state index in [0.29, 0.717) is 11.6 Å². The Balaban J connectivity index is 1.98. The molecule has 0 bridgehead atoms. The number of benzene rings is 2. The summed E-state index contributed by atoms with van der Waals surface area (Å²) in [5.41, 5.74) is 9.76. The zero-order valence-electron chi connectivity index (χ0n) is 12.4. The third kappa shape index (κ3) is 2.26. The second-order valence-corrected chi connectivity index (χ2v) is 5.76. The van der Waals surface area contributed by atoms with E-state index in [-0.39, 0.29) is 0 Å². The van der Waals surface area contributed by atoms with Gasteiger partial charge in [-0.05, 0) is 25.1 Å². The quantitative estimate of drug-likeness (QED) is 0.579. The highest BCUT2D eigenvalue weighted by Gasteiger charge is 2.17. The molecule has 5 nitrogen and oxygen atoms in total. The van der Waals surface area contributed by atoms with Gasteiger partial charge >= 0.3 is 0 Å². The number of para-hydroxylation sites is 1. The van der Waals surface area contributed by atoms with Crippen LogP contribution in [0.2, 0.25) is 0 Å². The SMILES string of the molecule is Cc1ccc(Nc2nc3ccccc3c3c2c(N)nn3Cl)cc1. The number of aromatic nitrogens is 3. The number of halogens is 1. The molecule has 2 aromatic heterocycles. The molecule has 0 fully saturated rings. The van der Waals surface area contributed by atoms with Crippen molar-refractivity contribution in [1.82, 2.24) is 14.3 Å². The van der Waals surface area contributed by atoms with E-state index in [1.165, 1.54) is 9.76 Å². The summed E-state index contributed by atoms with van der Waals surface area (Å²) in [5, 5.41) is 9.09. The van der Waals surface area contributed by atoms with Gasteiger partial charge in [-0.15, -0.1) is 5.10 Å². The highest BCUT2D eigenvalue weighted by atomic mass is 35.5. The van der Waals surface area contributed by atoms with Crippen molar-refractivity contribution in [3.8, 4) is 0 Å². The van der Waals surface area contributed by atoms with E-state index in [1.807, 2.05) is 55.5 Å². The number of anilines is 3. The first-order chi connectivity index (χ1) is 11.1. The minimum atomic E-state index is 0.350. The number of hydrogen-bond acceptors (Lipinski definition) is 4. The molecule has 0 saturated carbocycles. The molecule has 0 aliphatic heterocycles. The minimum absolute atomic E-state index is 0.350. The summed E-state index contributed by atoms with van der Waals surface area (Å²) in [6.45, 7) is 2.05. The molecule has 0 spiro atoms. The predicted octanol–water partition coefficient (Wildman–Crippen LogP) is 4.22. The Morgan fingerprint density at radius 3 is 2.61 bits per heavy atom. The molecule has 6 heteroatoms. The van der Waals surface area contributed by atoms with Gasteiger partial charge in [-0.2, -0.15) is 4.20 Å². The summed E-state index contributed by atoms with van der Waals surface area (Å²) in [6, 6.07) is 15.9. The van der Waals surface area contributed by atoms with Crippen LogP contribution in [0.1, 0.15) is 5.56 Å². The number of aryl methyl sites for hydroxylation is 1. The highest BCUT2D eigenvalue weighted by Crippen LogP contribution is 2.35. The minimum Gasteiger partial charge on any atom is -0.382 e. The molecule has 0 radical (unpaired) electrons. The molecule has 114 valence electrons. The normalized spacial score (nSPS) is 11.2. The van der Waals surface area contributed by atoms with E-state index in [1.54, 1.807) is 0 Å². The number of fused-ring (bicyclic) bond motifs is 3. The van der Waals surface area contributed by atoms with Crippen molar-refractivity contribution in [2.75, 3.05) is 11.1 Å². The maximum Gasteiger partial charge on any atom is 0.158 e. The van der Waals surface area contributed by atoms with Gasteiger partial charge in [-0.1, -0.05) is 35.9 Å². The van der Waals surface area contributed by atoms with Crippen LogP contribution in [-0.2, 0) is 0 Å². The fourth-order valence-corrected chi connectivity index (χ4v) is 2.94. The van der Waals surface area contributed by atoms with Crippen molar-refractivity contribution in [3.63, 3.8) is 0 Å². The highest BCUT2D eigenvalue weighted by molar-refractivity contribution is 6.24. The van der Waals surface area contributed by atoms with Gasteiger partial charge in [0.1, 0.15) is 11.3 Å². The van der Waals surface area contributed by atoms with Crippen molar-refractivity contribution in [1.29, 1.82) is 0 Å². The van der Waals surface area contributed by atoms with Gasteiger partial charge < -0.3 is 11.1 Å². The monoisotopic (exact) mass is 323 g/mol. The molecular formula is C17H14ClN5. The second kappa shape index (κ2) is 5.14. The topological polar surface area (TPSA) is 68.8 Å². The van der Waals surface area contributed by atoms with Crippen molar-refractivity contribution in [2.24, 2.45) is 0 Å². The van der Waals surface area contributed by atoms with Crippen LogP contribution in [0.4, 0.5) is 17.3 Å². The Bertz CT molecular complexity index is 1020. The average Bonchev–Trinajstić information content (AvgIpc) is 2.85. The molecule has 0 aliphatic rings. The lowest BCUT2D eigenvalue weighted by Crippen LogP contribution is -1.97. The molecular weight excluding hydrogens is 310 g/mol. The van der Waals surface area contributed by atoms with Gasteiger partial charge in [0.25, 0.3) is 0 Å². The number of nitrogens with zero attached hydrogens (tertiary/aromatic N) is 3. The van der Waals surface area contributed by atoms with Gasteiger partial charge in [-0.25, -0.2) is 4.98 Å². The number of nitrogens with two attached hydrogens (primary N) is 1. The van der Waals surface area contributed by atoms with Crippen LogP contribution in [0.5, 0.6) is 0 Å². The first-order valence-electron chi connectivity index (χ1n) is 7.20. The third-order valence-electron chi connectivity index (χ3n) is 3.82. The fraction of sp³-hybridized carbons (Fsp3) is 0.0588. The molecule has 0 unspecified atom stereocenters. The second-order valence-electron chi connectivity index (χ2n) is 5.44. The van der Waals surface area contributed by atoms with Crippen molar-refractivity contribution >= 4 is 50.9 Å². The standard InChI is InChI=1S/C17H14ClN5/c1-10-6-8-11(9-7-10)20-17-14-15(23(18)22-16(14)19)12-4-2-3-5-13(12)21-17/h2-9H,1H3,(H2,19,22)(H,20,21).